The third-order valence-corrected chi connectivity index (χ3v) is 2.75. The molecule has 0 saturated carbocycles. The molecule has 0 heterocycles. The van der Waals surface area contributed by atoms with Crippen LogP contribution < -0.4 is 11.1 Å². The van der Waals surface area contributed by atoms with Gasteiger partial charge in [-0.2, -0.15) is 0 Å². The zero-order valence-electron chi connectivity index (χ0n) is 10.9. The van der Waals surface area contributed by atoms with E-state index < -0.39 is 5.97 Å². The molecule has 0 spiro atoms. The Bertz CT molecular complexity index is 653. The molecule has 20 heavy (non-hydrogen) atoms. The van der Waals surface area contributed by atoms with Crippen molar-refractivity contribution in [1.82, 2.24) is 0 Å². The van der Waals surface area contributed by atoms with Gasteiger partial charge in [0.1, 0.15) is 0 Å². The molecule has 0 radical (unpaired) electrons. The zero-order valence-corrected chi connectivity index (χ0v) is 10.9. The first kappa shape index (κ1) is 13.6. The Morgan fingerprint density at radius 1 is 1.05 bits per heavy atom. The third-order valence-electron chi connectivity index (χ3n) is 2.75. The topological polar surface area (TPSA) is 81.4 Å². The molecule has 1 amide bonds. The molecule has 0 fully saturated rings. The Balaban J connectivity index is 2.22. The van der Waals surface area contributed by atoms with Crippen LogP contribution in [0.5, 0.6) is 0 Å². The number of nitrogens with one attached hydrogen (secondary N) is 1. The Kier molecular flexibility index (Phi) is 4.00. The van der Waals surface area contributed by atoms with Gasteiger partial charge in [-0.3, -0.25) is 4.79 Å². The second kappa shape index (κ2) is 5.88. The van der Waals surface area contributed by atoms with Crippen LogP contribution in [0.4, 0.5) is 11.4 Å². The van der Waals surface area contributed by atoms with Gasteiger partial charge < -0.3 is 15.8 Å². The van der Waals surface area contributed by atoms with Crippen LogP contribution in [-0.4, -0.2) is 19.0 Å². The summed E-state index contributed by atoms with van der Waals surface area (Å²) in [5, 5.41) is 2.69. The van der Waals surface area contributed by atoms with Gasteiger partial charge in [0.05, 0.1) is 24.0 Å². The first-order valence-electron chi connectivity index (χ1n) is 5.96. The van der Waals surface area contributed by atoms with Crippen molar-refractivity contribution in [3.8, 4) is 0 Å². The fraction of sp³-hybridized carbons (Fsp3) is 0.0667. The third kappa shape index (κ3) is 2.95. The summed E-state index contributed by atoms with van der Waals surface area (Å²) in [6, 6.07) is 13.2. The lowest BCUT2D eigenvalue weighted by Crippen LogP contribution is -2.14. The number of para-hydroxylation sites is 2. The second-order valence-corrected chi connectivity index (χ2v) is 4.11. The molecule has 0 aliphatic rings. The first-order chi connectivity index (χ1) is 9.61. The van der Waals surface area contributed by atoms with Gasteiger partial charge in [-0.15, -0.1) is 0 Å². The number of nitrogen functional groups attached to an aromatic ring is 1. The van der Waals surface area contributed by atoms with Gasteiger partial charge in [-0.25, -0.2) is 4.79 Å². The Hall–Kier alpha value is -2.82. The number of methoxy groups -OCH3 is 1. The van der Waals surface area contributed by atoms with E-state index in [-0.39, 0.29) is 5.91 Å². The van der Waals surface area contributed by atoms with Crippen LogP contribution in [0, 0.1) is 0 Å². The van der Waals surface area contributed by atoms with Crippen LogP contribution in [0.2, 0.25) is 0 Å². The van der Waals surface area contributed by atoms with Crippen LogP contribution in [0.3, 0.4) is 0 Å². The van der Waals surface area contributed by atoms with Crippen LogP contribution >= 0.6 is 0 Å². The molecule has 0 unspecified atom stereocenters. The Morgan fingerprint density at radius 2 is 1.75 bits per heavy atom. The molecule has 0 aromatic heterocycles. The quantitative estimate of drug-likeness (QED) is 0.662. The van der Waals surface area contributed by atoms with E-state index in [1.54, 1.807) is 42.5 Å². The summed E-state index contributed by atoms with van der Waals surface area (Å²) in [6.07, 6.45) is 0. The van der Waals surface area contributed by atoms with Gasteiger partial charge in [0.15, 0.2) is 0 Å². The molecule has 2 aromatic carbocycles. The Morgan fingerprint density at radius 3 is 2.45 bits per heavy atom. The van der Waals surface area contributed by atoms with Crippen molar-refractivity contribution >= 4 is 23.3 Å². The summed E-state index contributed by atoms with van der Waals surface area (Å²) in [6.45, 7) is 0. The summed E-state index contributed by atoms with van der Waals surface area (Å²) in [5.41, 5.74) is 7.44. The molecule has 102 valence electrons. The molecule has 2 rings (SSSR count). The number of amides is 1. The highest BCUT2D eigenvalue weighted by atomic mass is 16.5. The summed E-state index contributed by atoms with van der Waals surface area (Å²) in [5.74, 6) is -0.826. The molecular weight excluding hydrogens is 256 g/mol. The minimum absolute atomic E-state index is 0.321. The molecule has 0 aliphatic carbocycles. The van der Waals surface area contributed by atoms with E-state index in [0.717, 1.165) is 0 Å². The van der Waals surface area contributed by atoms with Crippen LogP contribution in [0.1, 0.15) is 20.7 Å². The predicted molar refractivity (Wildman–Crippen MR) is 76.6 cm³/mol. The zero-order chi connectivity index (χ0) is 14.5. The average molecular weight is 270 g/mol. The SMILES string of the molecule is COC(=O)c1cccc(C(=O)Nc2ccccc2N)c1. The maximum Gasteiger partial charge on any atom is 0.337 e. The van der Waals surface area contributed by atoms with Crippen molar-refractivity contribution in [2.24, 2.45) is 0 Å². The van der Waals surface area contributed by atoms with Crippen LogP contribution in [-0.2, 0) is 4.74 Å². The van der Waals surface area contributed by atoms with Crippen molar-refractivity contribution in [3.05, 3.63) is 59.7 Å². The molecular formula is C15H14N2O3. The summed E-state index contributed by atoms with van der Waals surface area (Å²) in [4.78, 5) is 23.5. The van der Waals surface area contributed by atoms with Crippen molar-refractivity contribution in [2.75, 3.05) is 18.2 Å². The highest BCUT2D eigenvalue weighted by Crippen LogP contribution is 2.18. The van der Waals surface area contributed by atoms with Crippen molar-refractivity contribution < 1.29 is 14.3 Å². The highest BCUT2D eigenvalue weighted by Gasteiger charge is 2.11. The molecule has 0 atom stereocenters. The van der Waals surface area contributed by atoms with Gasteiger partial charge >= 0.3 is 5.97 Å². The van der Waals surface area contributed by atoms with Gasteiger partial charge in [0.2, 0.25) is 0 Å². The summed E-state index contributed by atoms with van der Waals surface area (Å²) < 4.78 is 4.62. The van der Waals surface area contributed by atoms with Crippen LogP contribution in [0.15, 0.2) is 48.5 Å². The number of ether oxygens (including phenoxy) is 1. The van der Waals surface area contributed by atoms with E-state index in [2.05, 4.69) is 10.1 Å². The molecule has 3 N–H and O–H groups in total. The van der Waals surface area contributed by atoms with E-state index in [1.165, 1.54) is 13.2 Å². The van der Waals surface area contributed by atoms with Crippen molar-refractivity contribution in [1.29, 1.82) is 0 Å². The summed E-state index contributed by atoms with van der Waals surface area (Å²) >= 11 is 0. The second-order valence-electron chi connectivity index (χ2n) is 4.11. The number of carbonyl (C=O) groups is 2. The molecule has 2 aromatic rings. The lowest BCUT2D eigenvalue weighted by Gasteiger charge is -2.08. The number of nitrogens with two attached hydrogens (primary N) is 1. The molecule has 0 saturated heterocycles. The average Bonchev–Trinajstić information content (AvgIpc) is 2.49. The van der Waals surface area contributed by atoms with E-state index in [0.29, 0.717) is 22.5 Å². The molecule has 0 bridgehead atoms. The minimum Gasteiger partial charge on any atom is -0.465 e. The van der Waals surface area contributed by atoms with Gasteiger partial charge in [0.25, 0.3) is 5.91 Å². The maximum absolute atomic E-state index is 12.1. The van der Waals surface area contributed by atoms with Gasteiger partial charge in [-0.1, -0.05) is 18.2 Å². The smallest absolute Gasteiger partial charge is 0.337 e. The largest absolute Gasteiger partial charge is 0.465 e. The van der Waals surface area contributed by atoms with E-state index in [1.807, 2.05) is 0 Å². The standard InChI is InChI=1S/C15H14N2O3/c1-20-15(19)11-6-4-5-10(9-11)14(18)17-13-8-3-2-7-12(13)16/h2-9H,16H2,1H3,(H,17,18). The number of rotatable bonds is 3. The van der Waals surface area contributed by atoms with Crippen LogP contribution in [0.25, 0.3) is 0 Å². The number of hydrogen-bond acceptors (Lipinski definition) is 4. The lowest BCUT2D eigenvalue weighted by molar-refractivity contribution is 0.0600. The van der Waals surface area contributed by atoms with E-state index >= 15 is 0 Å². The lowest BCUT2D eigenvalue weighted by atomic mass is 10.1. The maximum atomic E-state index is 12.1. The van der Waals surface area contributed by atoms with Gasteiger partial charge in [-0.05, 0) is 30.3 Å². The van der Waals surface area contributed by atoms with Gasteiger partial charge in [0, 0.05) is 5.56 Å². The van der Waals surface area contributed by atoms with E-state index in [4.69, 9.17) is 5.73 Å². The fourth-order valence-corrected chi connectivity index (χ4v) is 1.71. The fourth-order valence-electron chi connectivity index (χ4n) is 1.71. The number of anilines is 2. The highest BCUT2D eigenvalue weighted by molar-refractivity contribution is 6.06. The molecule has 5 nitrogen and oxygen atoms in total. The number of hydrogen-bond donors (Lipinski definition) is 2. The number of esters is 1. The Labute approximate surface area is 116 Å². The number of carbonyl (C=O) groups excluding carboxylic acids is 2. The summed E-state index contributed by atoms with van der Waals surface area (Å²) in [7, 11) is 1.29. The minimum atomic E-state index is -0.487. The first-order valence-corrected chi connectivity index (χ1v) is 5.96. The normalized spacial score (nSPS) is 9.85. The molecule has 0 aliphatic heterocycles. The van der Waals surface area contributed by atoms with Crippen molar-refractivity contribution in [3.63, 3.8) is 0 Å². The molecule has 5 heteroatoms. The van der Waals surface area contributed by atoms with Crippen molar-refractivity contribution in [2.45, 2.75) is 0 Å². The predicted octanol–water partition coefficient (Wildman–Crippen LogP) is 2.31. The monoisotopic (exact) mass is 270 g/mol. The van der Waals surface area contributed by atoms with E-state index in [9.17, 15) is 9.59 Å². The number of benzene rings is 2.